The quantitative estimate of drug-likeness (QED) is 0.147. The van der Waals surface area contributed by atoms with E-state index in [9.17, 15) is 48.7 Å². The Balaban J connectivity index is 0.773. The van der Waals surface area contributed by atoms with Crippen LogP contribution >= 0.6 is 0 Å². The minimum atomic E-state index is -2.02. The van der Waals surface area contributed by atoms with Crippen molar-refractivity contribution >= 4 is 29.3 Å². The van der Waals surface area contributed by atoms with E-state index in [1.807, 2.05) is 0 Å². The number of amides is 2. The number of hydrogen-bond donors (Lipinski definition) is 7. The number of ether oxygens (including phenoxy) is 8. The topological polar surface area (TPSA) is 250 Å². The fourth-order valence-corrected chi connectivity index (χ4v) is 14.9. The summed E-state index contributed by atoms with van der Waals surface area (Å²) in [5, 5.41) is 61.0. The van der Waals surface area contributed by atoms with Gasteiger partial charge in [-0.1, -0.05) is 39.8 Å². The third-order valence-corrected chi connectivity index (χ3v) is 18.4. The molecule has 4 saturated carbocycles. The summed E-state index contributed by atoms with van der Waals surface area (Å²) in [5.74, 6) is 0.126. The molecule has 10 rings (SSSR count). The molecule has 8 aliphatic rings. The van der Waals surface area contributed by atoms with Gasteiger partial charge >= 0.3 is 12.2 Å². The number of rotatable bonds is 10. The van der Waals surface area contributed by atoms with Gasteiger partial charge in [0.2, 0.25) is 0 Å². The van der Waals surface area contributed by atoms with Crippen molar-refractivity contribution in [1.82, 2.24) is 0 Å². The zero-order valence-corrected chi connectivity index (χ0v) is 41.6. The molecule has 4 heterocycles. The number of nitrogens with one attached hydrogen (secondary N) is 2. The summed E-state index contributed by atoms with van der Waals surface area (Å²) in [6.45, 7) is 8.28. The van der Waals surface area contributed by atoms with Gasteiger partial charge in [0.25, 0.3) is 0 Å². The van der Waals surface area contributed by atoms with Gasteiger partial charge in [0.1, 0.15) is 66.8 Å². The summed E-state index contributed by atoms with van der Waals surface area (Å²) in [6, 6.07) is 9.80. The maximum atomic E-state index is 14.7. The Kier molecular flexibility index (Phi) is 14.8. The van der Waals surface area contributed by atoms with E-state index in [-0.39, 0.29) is 57.9 Å². The maximum absolute atomic E-state index is 14.7. The largest absolute Gasteiger partial charge is 0.446 e. The summed E-state index contributed by atoms with van der Waals surface area (Å²) >= 11 is 0. The fraction of sp³-hybridized carbons (Fsp3) is 0.717. The SMILES string of the molecule is C[C@@H]1CC[C@@]2(OC1)OC1C[C@H]3[C@@H]4CC[C@H]5C[C@@H](O[C@@H]6O[C@H](CO)[C@@H](O[C@@H]7O[C@H](COC(=O)Nc8cccc(F)c8)[C@@H](OC(=O)Nc8cccc(F)c8)[C@H](O)[C@H]7O)[C@H](O)[C@H]6O)CC[C@]5(C)[C@H]4C(=O)C[C@]3(C)C1[C@@H]2C. The normalized spacial score (nSPS) is 45.1. The predicted molar refractivity (Wildman–Crippen MR) is 252 cm³/mol. The van der Waals surface area contributed by atoms with Gasteiger partial charge in [-0.2, -0.15) is 0 Å². The number of carbonyl (C=O) groups excluding carboxylic acids is 3. The molecule has 2 aromatic carbocycles. The summed E-state index contributed by atoms with van der Waals surface area (Å²) in [7, 11) is 0. The molecule has 18 nitrogen and oxygen atoms in total. The zero-order chi connectivity index (χ0) is 51.7. The van der Waals surface area contributed by atoms with Crippen molar-refractivity contribution < 1.29 is 86.6 Å². The Morgan fingerprint density at radius 3 is 2.10 bits per heavy atom. The lowest BCUT2D eigenvalue weighted by Gasteiger charge is -2.60. The van der Waals surface area contributed by atoms with Crippen LogP contribution in [0.25, 0.3) is 0 Å². The Morgan fingerprint density at radius 2 is 1.44 bits per heavy atom. The van der Waals surface area contributed by atoms with Crippen molar-refractivity contribution in [1.29, 1.82) is 0 Å². The first-order valence-corrected chi connectivity index (χ1v) is 26.0. The second kappa shape index (κ2) is 20.5. The molecule has 22 atom stereocenters. The highest BCUT2D eigenvalue weighted by Crippen LogP contribution is 2.70. The van der Waals surface area contributed by atoms with Crippen LogP contribution in [0, 0.1) is 63.9 Å². The van der Waals surface area contributed by atoms with Crippen LogP contribution in [0.1, 0.15) is 85.5 Å². The lowest BCUT2D eigenvalue weighted by atomic mass is 9.44. The van der Waals surface area contributed by atoms with Gasteiger partial charge in [0.05, 0.1) is 25.4 Å². The number of benzene rings is 2. The second-order valence-corrected chi connectivity index (χ2v) is 22.8. The monoisotopic (exact) mass is 1030 g/mol. The number of aliphatic hydroxyl groups excluding tert-OH is 5. The predicted octanol–water partition coefficient (Wildman–Crippen LogP) is 5.41. The van der Waals surface area contributed by atoms with Gasteiger partial charge in [0, 0.05) is 36.1 Å². The van der Waals surface area contributed by atoms with Gasteiger partial charge in [-0.25, -0.2) is 18.4 Å². The number of aliphatic hydroxyl groups is 5. The van der Waals surface area contributed by atoms with Crippen molar-refractivity contribution in [2.45, 2.75) is 165 Å². The minimum absolute atomic E-state index is 0.00495. The van der Waals surface area contributed by atoms with Crippen LogP contribution in [0.3, 0.4) is 0 Å². The van der Waals surface area contributed by atoms with Crippen molar-refractivity contribution in [2.24, 2.45) is 52.3 Å². The molecule has 0 radical (unpaired) electrons. The van der Waals surface area contributed by atoms with E-state index >= 15 is 0 Å². The molecule has 4 aliphatic carbocycles. The molecule has 2 aromatic rings. The molecular weight excluding hydrogens is 959 g/mol. The molecule has 402 valence electrons. The van der Waals surface area contributed by atoms with Gasteiger partial charge in [0.15, 0.2) is 24.5 Å². The molecular formula is C53H70F2N2O16. The number of fused-ring (bicyclic) bond motifs is 7. The van der Waals surface area contributed by atoms with Crippen LogP contribution in [0.4, 0.5) is 29.7 Å². The van der Waals surface area contributed by atoms with E-state index in [0.29, 0.717) is 49.9 Å². The maximum Gasteiger partial charge on any atom is 0.412 e. The van der Waals surface area contributed by atoms with E-state index in [4.69, 9.17) is 37.9 Å². The highest BCUT2D eigenvalue weighted by molar-refractivity contribution is 5.86. The van der Waals surface area contributed by atoms with Crippen molar-refractivity contribution in [3.05, 3.63) is 60.2 Å². The number of halogens is 2. The first kappa shape index (κ1) is 52.5. The van der Waals surface area contributed by atoms with E-state index in [2.05, 4.69) is 38.3 Å². The third-order valence-electron chi connectivity index (χ3n) is 18.4. The molecule has 20 heteroatoms. The molecule has 73 heavy (non-hydrogen) atoms. The number of Topliss-reactive ketones (excluding diaryl/α,β-unsaturated/α-hetero) is 1. The number of ketones is 1. The molecule has 1 spiro atoms. The number of hydrogen-bond acceptors (Lipinski definition) is 16. The zero-order valence-electron chi connectivity index (χ0n) is 41.6. The van der Waals surface area contributed by atoms with E-state index in [1.54, 1.807) is 0 Å². The Morgan fingerprint density at radius 1 is 0.781 bits per heavy atom. The van der Waals surface area contributed by atoms with Crippen LogP contribution in [-0.2, 0) is 42.7 Å². The molecule has 4 saturated heterocycles. The van der Waals surface area contributed by atoms with E-state index < -0.39 is 110 Å². The first-order valence-electron chi connectivity index (χ1n) is 26.0. The Hall–Kier alpha value is -3.93. The summed E-state index contributed by atoms with van der Waals surface area (Å²) in [6.07, 6.45) is -12.7. The Bertz CT molecular complexity index is 2340. The highest BCUT2D eigenvalue weighted by Gasteiger charge is 2.71. The summed E-state index contributed by atoms with van der Waals surface area (Å²) in [5.41, 5.74) is -0.384. The van der Waals surface area contributed by atoms with Gasteiger partial charge in [-0.3, -0.25) is 15.4 Å². The summed E-state index contributed by atoms with van der Waals surface area (Å²) in [4.78, 5) is 40.4. The molecule has 2 amide bonds. The number of anilines is 2. The Labute approximate surface area is 422 Å². The van der Waals surface area contributed by atoms with Crippen molar-refractivity contribution in [3.63, 3.8) is 0 Å². The van der Waals surface area contributed by atoms with Crippen molar-refractivity contribution in [2.75, 3.05) is 30.5 Å². The molecule has 2 unspecified atom stereocenters. The molecule has 7 N–H and O–H groups in total. The van der Waals surface area contributed by atoms with Gasteiger partial charge in [-0.15, -0.1) is 0 Å². The van der Waals surface area contributed by atoms with Crippen LogP contribution in [-0.4, -0.2) is 143 Å². The highest BCUT2D eigenvalue weighted by atomic mass is 19.1. The average molecular weight is 1030 g/mol. The van der Waals surface area contributed by atoms with Crippen LogP contribution in [0.15, 0.2) is 48.5 Å². The molecule has 4 aliphatic heterocycles. The van der Waals surface area contributed by atoms with Gasteiger partial charge in [-0.05, 0) is 122 Å². The van der Waals surface area contributed by atoms with E-state index in [0.717, 1.165) is 50.3 Å². The average Bonchev–Trinajstić information content (AvgIpc) is 3.79. The molecule has 8 fully saturated rings. The van der Waals surface area contributed by atoms with Crippen molar-refractivity contribution in [3.8, 4) is 0 Å². The second-order valence-electron chi connectivity index (χ2n) is 22.8. The lowest BCUT2D eigenvalue weighted by Crippen LogP contribution is -2.65. The van der Waals surface area contributed by atoms with Crippen LogP contribution < -0.4 is 10.6 Å². The molecule has 0 bridgehead atoms. The lowest BCUT2D eigenvalue weighted by molar-refractivity contribution is -0.363. The smallest absolute Gasteiger partial charge is 0.412 e. The fourth-order valence-electron chi connectivity index (χ4n) is 14.9. The van der Waals surface area contributed by atoms with Crippen LogP contribution in [0.2, 0.25) is 0 Å². The summed E-state index contributed by atoms with van der Waals surface area (Å²) < 4.78 is 76.2. The van der Waals surface area contributed by atoms with Gasteiger partial charge < -0.3 is 63.4 Å². The standard InChI is InChI=1S/C53H70F2N2O16/c1-25-13-16-53(67-23-25)26(2)39-36(73-53)20-34-33-12-11-27-17-32(14-15-51(27,3)40(33)35(59)21-52(34,39)4)68-47-43(62)41(60)45(37(22-58)69-47)71-48-44(63)42(61)46(72-50(65)57-31-10-6-8-29(55)19-31)38(70-48)24-66-49(64)56-30-9-5-7-28(54)18-30/h5-10,18-19,25-27,32-34,36-48,58,60-63H,11-17,20-24H2,1-4H3,(H,56,64)(H,57,65)/t25-,26+,27+,32+,33+,34+,36?,37-,38-,39?,40-,41-,42-,43-,44-,45-,46-,47-,48+,51+,52+,53-/m1/s1. The number of carbonyl (C=O) groups is 3. The minimum Gasteiger partial charge on any atom is -0.446 e. The third kappa shape index (κ3) is 9.81. The first-order chi connectivity index (χ1) is 34.8. The van der Waals surface area contributed by atoms with Crippen LogP contribution in [0.5, 0.6) is 0 Å². The molecule has 0 aromatic heterocycles. The van der Waals surface area contributed by atoms with E-state index in [1.165, 1.54) is 30.3 Å².